The summed E-state index contributed by atoms with van der Waals surface area (Å²) in [7, 11) is 0. The lowest BCUT2D eigenvalue weighted by Crippen LogP contribution is -1.65. The molecule has 0 rings (SSSR count). The van der Waals surface area contributed by atoms with E-state index in [1.165, 1.54) is 5.57 Å². The Morgan fingerprint density at radius 3 is 2.57 bits per heavy atom. The lowest BCUT2D eigenvalue weighted by molar-refractivity contribution is 1.50. The summed E-state index contributed by atoms with van der Waals surface area (Å²) in [5.74, 6) is 0. The molecule has 0 aliphatic rings. The molecule has 0 saturated carbocycles. The number of rotatable bonds is 2. The second-order valence-electron chi connectivity index (χ2n) is 1.31. The summed E-state index contributed by atoms with van der Waals surface area (Å²) in [4.78, 5) is 0. The first-order valence-corrected chi connectivity index (χ1v) is 3.28. The molecule has 0 unspecified atom stereocenters. The highest BCUT2D eigenvalue weighted by Crippen LogP contribution is 1.93. The lowest BCUT2D eigenvalue weighted by atomic mass is 10.3. The van der Waals surface area contributed by atoms with E-state index in [4.69, 9.17) is 0 Å². The quantitative estimate of drug-likeness (QED) is 0.431. The van der Waals surface area contributed by atoms with Crippen LogP contribution in [0.15, 0.2) is 24.3 Å². The third-order valence-corrected chi connectivity index (χ3v) is 1.04. The molecule has 0 nitrogen and oxygen atoms in total. The largest absolute Gasteiger partial charge is 0.0988 e. The number of halogens is 1. The Balaban J connectivity index is 3.49. The van der Waals surface area contributed by atoms with Crippen LogP contribution < -0.4 is 0 Å². The summed E-state index contributed by atoms with van der Waals surface area (Å²) < 4.78 is 0. The van der Waals surface area contributed by atoms with Crippen LogP contribution in [0.25, 0.3) is 0 Å². The van der Waals surface area contributed by atoms with Gasteiger partial charge in [-0.3, -0.25) is 0 Å². The van der Waals surface area contributed by atoms with E-state index in [-0.39, 0.29) is 0 Å². The van der Waals surface area contributed by atoms with Gasteiger partial charge in [0.2, 0.25) is 0 Å². The van der Waals surface area contributed by atoms with Crippen LogP contribution in [0.5, 0.6) is 0 Å². The van der Waals surface area contributed by atoms with Gasteiger partial charge in [-0.05, 0) is 6.92 Å². The SMILES string of the molecule is C=CC(C)=CCBr. The molecule has 0 aromatic heterocycles. The first-order valence-electron chi connectivity index (χ1n) is 2.16. The standard InChI is InChI=1S/C6H9Br/c1-3-6(2)4-5-7/h3-4H,1,5H2,2H3. The smallest absolute Gasteiger partial charge is 0.0217 e. The molecule has 0 fully saturated rings. The Morgan fingerprint density at radius 2 is 2.43 bits per heavy atom. The van der Waals surface area contributed by atoms with Crippen molar-refractivity contribution >= 4 is 15.9 Å². The maximum absolute atomic E-state index is 3.59. The Morgan fingerprint density at radius 1 is 1.86 bits per heavy atom. The van der Waals surface area contributed by atoms with E-state index in [0.717, 1.165) is 5.33 Å². The molecule has 0 aromatic rings. The summed E-state index contributed by atoms with van der Waals surface area (Å²) >= 11 is 3.27. The van der Waals surface area contributed by atoms with Gasteiger partial charge in [-0.1, -0.05) is 40.2 Å². The van der Waals surface area contributed by atoms with E-state index in [9.17, 15) is 0 Å². The molecule has 0 saturated heterocycles. The normalized spacial score (nSPS) is 11.4. The van der Waals surface area contributed by atoms with Crippen LogP contribution in [0.3, 0.4) is 0 Å². The van der Waals surface area contributed by atoms with Gasteiger partial charge in [-0.15, -0.1) is 0 Å². The Kier molecular flexibility index (Phi) is 4.10. The fraction of sp³-hybridized carbons (Fsp3) is 0.333. The molecule has 0 radical (unpaired) electrons. The highest BCUT2D eigenvalue weighted by Gasteiger charge is 1.72. The van der Waals surface area contributed by atoms with Crippen molar-refractivity contribution in [2.75, 3.05) is 5.33 Å². The van der Waals surface area contributed by atoms with Gasteiger partial charge in [-0.2, -0.15) is 0 Å². The van der Waals surface area contributed by atoms with E-state index in [2.05, 4.69) is 28.6 Å². The van der Waals surface area contributed by atoms with Gasteiger partial charge < -0.3 is 0 Å². The molecule has 7 heavy (non-hydrogen) atoms. The molecule has 0 atom stereocenters. The van der Waals surface area contributed by atoms with Gasteiger partial charge in [0.05, 0.1) is 0 Å². The molecule has 0 heterocycles. The molecule has 1 heteroatoms. The molecule has 0 spiro atoms. The first-order chi connectivity index (χ1) is 3.31. The molecule has 0 aromatic carbocycles. The highest BCUT2D eigenvalue weighted by atomic mass is 79.9. The average molecular weight is 161 g/mol. The van der Waals surface area contributed by atoms with Crippen LogP contribution in [0.2, 0.25) is 0 Å². The zero-order chi connectivity index (χ0) is 5.70. The minimum atomic E-state index is 0.921. The van der Waals surface area contributed by atoms with Crippen molar-refractivity contribution < 1.29 is 0 Å². The molecular formula is C6H9Br. The molecule has 0 aliphatic heterocycles. The van der Waals surface area contributed by atoms with Crippen LogP contribution in [0.1, 0.15) is 6.92 Å². The molecule has 40 valence electrons. The zero-order valence-corrected chi connectivity index (χ0v) is 6.03. The number of alkyl halides is 1. The van der Waals surface area contributed by atoms with Crippen molar-refractivity contribution in [2.24, 2.45) is 0 Å². The Bertz CT molecular complexity index is 82.2. The minimum Gasteiger partial charge on any atom is -0.0988 e. The third-order valence-electron chi connectivity index (χ3n) is 0.721. The third kappa shape index (κ3) is 3.80. The van der Waals surface area contributed by atoms with Gasteiger partial charge >= 0.3 is 0 Å². The van der Waals surface area contributed by atoms with E-state index >= 15 is 0 Å². The van der Waals surface area contributed by atoms with Gasteiger partial charge in [0, 0.05) is 5.33 Å². The Labute approximate surface area is 53.1 Å². The summed E-state index contributed by atoms with van der Waals surface area (Å²) in [5, 5.41) is 0.921. The lowest BCUT2D eigenvalue weighted by Gasteiger charge is -1.82. The zero-order valence-electron chi connectivity index (χ0n) is 4.45. The average Bonchev–Trinajstić information content (AvgIpc) is 1.68. The summed E-state index contributed by atoms with van der Waals surface area (Å²) in [6.45, 7) is 5.61. The minimum absolute atomic E-state index is 0.921. The van der Waals surface area contributed by atoms with Crippen molar-refractivity contribution in [3.63, 3.8) is 0 Å². The molecule has 0 bridgehead atoms. The van der Waals surface area contributed by atoms with Gasteiger partial charge in [0.15, 0.2) is 0 Å². The fourth-order valence-corrected chi connectivity index (χ4v) is 0.716. The van der Waals surface area contributed by atoms with E-state index in [1.807, 2.05) is 13.0 Å². The van der Waals surface area contributed by atoms with E-state index < -0.39 is 0 Å². The summed E-state index contributed by atoms with van der Waals surface area (Å²) in [5.41, 5.74) is 1.22. The van der Waals surface area contributed by atoms with E-state index in [1.54, 1.807) is 0 Å². The van der Waals surface area contributed by atoms with Crippen molar-refractivity contribution in [1.82, 2.24) is 0 Å². The van der Waals surface area contributed by atoms with E-state index in [0.29, 0.717) is 0 Å². The predicted octanol–water partition coefficient (Wildman–Crippen LogP) is 2.51. The van der Waals surface area contributed by atoms with Gasteiger partial charge in [0.1, 0.15) is 0 Å². The summed E-state index contributed by atoms with van der Waals surface area (Å²) in [6.07, 6.45) is 3.90. The number of hydrogen-bond donors (Lipinski definition) is 0. The van der Waals surface area contributed by atoms with Gasteiger partial charge in [-0.25, -0.2) is 0 Å². The van der Waals surface area contributed by atoms with Gasteiger partial charge in [0.25, 0.3) is 0 Å². The number of hydrogen-bond acceptors (Lipinski definition) is 0. The second kappa shape index (κ2) is 4.13. The maximum atomic E-state index is 3.59. The highest BCUT2D eigenvalue weighted by molar-refractivity contribution is 9.09. The van der Waals surface area contributed by atoms with Crippen LogP contribution in [0.4, 0.5) is 0 Å². The van der Waals surface area contributed by atoms with Crippen molar-refractivity contribution in [1.29, 1.82) is 0 Å². The Hall–Kier alpha value is -0.0400. The van der Waals surface area contributed by atoms with Crippen LogP contribution in [-0.2, 0) is 0 Å². The van der Waals surface area contributed by atoms with Crippen LogP contribution in [-0.4, -0.2) is 5.33 Å². The van der Waals surface area contributed by atoms with Crippen molar-refractivity contribution in [3.8, 4) is 0 Å². The number of allylic oxidation sites excluding steroid dienone is 3. The second-order valence-corrected chi connectivity index (χ2v) is 1.95. The monoisotopic (exact) mass is 160 g/mol. The van der Waals surface area contributed by atoms with Crippen LogP contribution in [0, 0.1) is 0 Å². The molecular weight excluding hydrogens is 152 g/mol. The maximum Gasteiger partial charge on any atom is 0.0217 e. The fourth-order valence-electron chi connectivity index (χ4n) is 0.205. The van der Waals surface area contributed by atoms with Crippen LogP contribution >= 0.6 is 15.9 Å². The predicted molar refractivity (Wildman–Crippen MR) is 37.7 cm³/mol. The summed E-state index contributed by atoms with van der Waals surface area (Å²) in [6, 6.07) is 0. The topological polar surface area (TPSA) is 0 Å². The first kappa shape index (κ1) is 6.96. The van der Waals surface area contributed by atoms with Crippen molar-refractivity contribution in [3.05, 3.63) is 24.3 Å². The molecule has 0 amide bonds. The molecule has 0 N–H and O–H groups in total. The molecule has 0 aliphatic carbocycles. The van der Waals surface area contributed by atoms with Crippen molar-refractivity contribution in [2.45, 2.75) is 6.92 Å².